The molecule has 1 aliphatic rings. The summed E-state index contributed by atoms with van der Waals surface area (Å²) in [5.41, 5.74) is 3.44. The van der Waals surface area contributed by atoms with E-state index in [0.29, 0.717) is 39.5 Å². The lowest BCUT2D eigenvalue weighted by molar-refractivity contribution is 0.0947. The highest BCUT2D eigenvalue weighted by molar-refractivity contribution is 7.90. The molecule has 3 heterocycles. The average molecular weight is 560 g/mol. The zero-order valence-electron chi connectivity index (χ0n) is 21.6. The number of carbonyl (C=O) groups excluding carboxylic acids is 1. The molecule has 1 fully saturated rings. The molecule has 5 aromatic rings. The maximum Gasteiger partial charge on any atom is 0.272 e. The van der Waals surface area contributed by atoms with Crippen LogP contribution in [0.15, 0.2) is 66.1 Å². The van der Waals surface area contributed by atoms with Crippen molar-refractivity contribution in [3.05, 3.63) is 84.1 Å². The zero-order chi connectivity index (χ0) is 27.9. The predicted molar refractivity (Wildman–Crippen MR) is 146 cm³/mol. The van der Waals surface area contributed by atoms with Crippen molar-refractivity contribution in [2.45, 2.75) is 43.0 Å². The molecule has 12 heteroatoms. The first-order valence-corrected chi connectivity index (χ1v) is 14.8. The third-order valence-electron chi connectivity index (χ3n) is 7.10. The van der Waals surface area contributed by atoms with Crippen LogP contribution < -0.4 is 5.32 Å². The quantitative estimate of drug-likeness (QED) is 0.303. The van der Waals surface area contributed by atoms with Gasteiger partial charge in [-0.1, -0.05) is 18.9 Å². The van der Waals surface area contributed by atoms with Crippen molar-refractivity contribution in [1.82, 2.24) is 35.0 Å². The number of halogens is 1. The van der Waals surface area contributed by atoms with Crippen molar-refractivity contribution in [3.63, 3.8) is 0 Å². The van der Waals surface area contributed by atoms with E-state index in [-0.39, 0.29) is 17.1 Å². The fraction of sp³-hybridized carbons (Fsp3) is 0.250. The van der Waals surface area contributed by atoms with E-state index in [1.807, 2.05) is 0 Å². The minimum absolute atomic E-state index is 0.0727. The lowest BCUT2D eigenvalue weighted by atomic mass is 10.1. The van der Waals surface area contributed by atoms with Crippen LogP contribution in [0.25, 0.3) is 28.0 Å². The largest absolute Gasteiger partial charge is 0.347 e. The van der Waals surface area contributed by atoms with Gasteiger partial charge in [-0.15, -0.1) is 0 Å². The number of fused-ring (bicyclic) bond motifs is 1. The zero-order valence-corrected chi connectivity index (χ0v) is 22.4. The minimum atomic E-state index is -3.38. The standard InChI is InChI=1S/C28H26FN7O3S/c1-40(38,39)23-8-4-7-22(12-23)36-15-20(14-33-36)19-9-17(10-21(29)11-19)13-30-28(37)25-24-27(32-16-31-25)35-26(34-24)18-5-2-3-6-18/h4,7-12,14-16,18H,2-3,5-6,13H2,1H3,(H,30,37)(H,31,32,34,35). The molecule has 1 saturated carbocycles. The fourth-order valence-corrected chi connectivity index (χ4v) is 5.73. The number of nitrogens with zero attached hydrogens (tertiary/aromatic N) is 5. The van der Waals surface area contributed by atoms with E-state index in [9.17, 15) is 17.6 Å². The molecule has 6 rings (SSSR count). The van der Waals surface area contributed by atoms with Crippen molar-refractivity contribution >= 4 is 26.9 Å². The summed E-state index contributed by atoms with van der Waals surface area (Å²) < 4.78 is 40.0. The Kier molecular flexibility index (Phi) is 6.62. The van der Waals surface area contributed by atoms with Crippen LogP contribution in [-0.4, -0.2) is 50.3 Å². The SMILES string of the molecule is CS(=O)(=O)c1cccc(-n2cc(-c3cc(F)cc(CNC(=O)c4ncnc5nc(C6CCCC6)[nH]c45)c3)cn2)c1. The normalized spacial score (nSPS) is 14.2. The highest BCUT2D eigenvalue weighted by atomic mass is 32.2. The molecule has 204 valence electrons. The molecule has 0 radical (unpaired) electrons. The van der Waals surface area contributed by atoms with Gasteiger partial charge in [-0.2, -0.15) is 5.10 Å². The number of rotatable bonds is 7. The van der Waals surface area contributed by atoms with E-state index < -0.39 is 21.6 Å². The summed E-state index contributed by atoms with van der Waals surface area (Å²) in [6.07, 6.45) is 10.2. The first-order valence-electron chi connectivity index (χ1n) is 12.9. The van der Waals surface area contributed by atoms with Gasteiger partial charge < -0.3 is 10.3 Å². The van der Waals surface area contributed by atoms with E-state index in [4.69, 9.17) is 0 Å². The van der Waals surface area contributed by atoms with E-state index in [0.717, 1.165) is 37.8 Å². The molecule has 2 N–H and O–H groups in total. The Bertz CT molecular complexity index is 1840. The smallest absolute Gasteiger partial charge is 0.272 e. The van der Waals surface area contributed by atoms with Gasteiger partial charge in [-0.05, 0) is 60.4 Å². The van der Waals surface area contributed by atoms with Gasteiger partial charge in [0.05, 0.1) is 16.8 Å². The van der Waals surface area contributed by atoms with Crippen LogP contribution in [0.3, 0.4) is 0 Å². The molecular weight excluding hydrogens is 533 g/mol. The number of hydrogen-bond donors (Lipinski definition) is 2. The van der Waals surface area contributed by atoms with Crippen molar-refractivity contribution in [2.24, 2.45) is 0 Å². The Morgan fingerprint density at radius 2 is 1.95 bits per heavy atom. The Hall–Kier alpha value is -4.45. The summed E-state index contributed by atoms with van der Waals surface area (Å²) in [5.74, 6) is 0.287. The highest BCUT2D eigenvalue weighted by Gasteiger charge is 2.23. The second kappa shape index (κ2) is 10.3. The molecule has 3 aromatic heterocycles. The average Bonchev–Trinajstić information content (AvgIpc) is 3.71. The maximum atomic E-state index is 14.6. The first kappa shape index (κ1) is 25.8. The van der Waals surface area contributed by atoms with Crippen LogP contribution >= 0.6 is 0 Å². The third kappa shape index (κ3) is 5.22. The van der Waals surface area contributed by atoms with Gasteiger partial charge in [0.15, 0.2) is 21.2 Å². The van der Waals surface area contributed by atoms with Gasteiger partial charge in [0.2, 0.25) is 0 Å². The molecule has 40 heavy (non-hydrogen) atoms. The van der Waals surface area contributed by atoms with E-state index >= 15 is 0 Å². The molecule has 0 bridgehead atoms. The predicted octanol–water partition coefficient (Wildman–Crippen LogP) is 4.34. The number of hydrogen-bond acceptors (Lipinski definition) is 7. The first-order chi connectivity index (χ1) is 19.2. The highest BCUT2D eigenvalue weighted by Crippen LogP contribution is 2.33. The summed E-state index contributed by atoms with van der Waals surface area (Å²) in [7, 11) is -3.38. The molecule has 0 aliphatic heterocycles. The second-order valence-corrected chi connectivity index (χ2v) is 12.0. The van der Waals surface area contributed by atoms with Gasteiger partial charge in [0, 0.05) is 30.5 Å². The van der Waals surface area contributed by atoms with E-state index in [1.165, 1.54) is 35.3 Å². The second-order valence-electron chi connectivity index (χ2n) is 10.00. The van der Waals surface area contributed by atoms with E-state index in [2.05, 4.69) is 30.4 Å². The van der Waals surface area contributed by atoms with Gasteiger partial charge in [0.25, 0.3) is 5.91 Å². The molecule has 1 aliphatic carbocycles. The molecule has 0 atom stereocenters. The number of H-pyrrole nitrogens is 1. The molecule has 10 nitrogen and oxygen atoms in total. The molecule has 0 unspecified atom stereocenters. The third-order valence-corrected chi connectivity index (χ3v) is 8.21. The lowest BCUT2D eigenvalue weighted by Crippen LogP contribution is -2.24. The van der Waals surface area contributed by atoms with Crippen molar-refractivity contribution < 1.29 is 17.6 Å². The molecule has 0 saturated heterocycles. The Morgan fingerprint density at radius 3 is 2.75 bits per heavy atom. The number of carbonyl (C=O) groups is 1. The Balaban J connectivity index is 1.21. The fourth-order valence-electron chi connectivity index (χ4n) is 5.07. The molecule has 0 spiro atoms. The Morgan fingerprint density at radius 1 is 1.12 bits per heavy atom. The van der Waals surface area contributed by atoms with Crippen molar-refractivity contribution in [3.8, 4) is 16.8 Å². The summed E-state index contributed by atoms with van der Waals surface area (Å²) in [4.78, 5) is 29.5. The summed E-state index contributed by atoms with van der Waals surface area (Å²) in [6.45, 7) is 0.0727. The summed E-state index contributed by atoms with van der Waals surface area (Å²) >= 11 is 0. The topological polar surface area (TPSA) is 136 Å². The van der Waals surface area contributed by atoms with Gasteiger partial charge >= 0.3 is 0 Å². The summed E-state index contributed by atoms with van der Waals surface area (Å²) in [6, 6.07) is 10.9. The number of aromatic amines is 1. The lowest BCUT2D eigenvalue weighted by Gasteiger charge is -2.08. The molecule has 2 aromatic carbocycles. The van der Waals surface area contributed by atoms with Crippen LogP contribution in [0.5, 0.6) is 0 Å². The monoisotopic (exact) mass is 559 g/mol. The number of imidazole rings is 1. The molecular formula is C28H26FN7O3S. The number of amides is 1. The van der Waals surface area contributed by atoms with Crippen LogP contribution in [0.4, 0.5) is 4.39 Å². The van der Waals surface area contributed by atoms with Crippen LogP contribution in [-0.2, 0) is 16.4 Å². The van der Waals surface area contributed by atoms with Crippen LogP contribution in [0.2, 0.25) is 0 Å². The van der Waals surface area contributed by atoms with Gasteiger partial charge in [0.1, 0.15) is 23.5 Å². The molecule has 1 amide bonds. The van der Waals surface area contributed by atoms with Crippen molar-refractivity contribution in [2.75, 3.05) is 6.26 Å². The van der Waals surface area contributed by atoms with Crippen LogP contribution in [0.1, 0.15) is 53.5 Å². The maximum absolute atomic E-state index is 14.6. The van der Waals surface area contributed by atoms with Gasteiger partial charge in [-0.25, -0.2) is 32.4 Å². The minimum Gasteiger partial charge on any atom is -0.347 e. The number of aromatic nitrogens is 6. The number of benzene rings is 2. The number of sulfone groups is 1. The number of nitrogens with one attached hydrogen (secondary N) is 2. The van der Waals surface area contributed by atoms with E-state index in [1.54, 1.807) is 30.6 Å². The van der Waals surface area contributed by atoms with Crippen molar-refractivity contribution in [1.29, 1.82) is 0 Å². The van der Waals surface area contributed by atoms with Gasteiger partial charge in [-0.3, -0.25) is 4.79 Å². The summed E-state index contributed by atoms with van der Waals surface area (Å²) in [5, 5.41) is 7.15. The van der Waals surface area contributed by atoms with Crippen LogP contribution in [0, 0.1) is 5.82 Å². The Labute approximate surface area is 229 Å².